The number of carbonyl (C=O) groups excluding carboxylic acids is 2. The average Bonchev–Trinajstić information content (AvgIpc) is 2.64. The second kappa shape index (κ2) is 3.38. The highest BCUT2D eigenvalue weighted by Crippen LogP contribution is 2.41. The van der Waals surface area contributed by atoms with E-state index in [1.807, 2.05) is 0 Å². The molecule has 1 aliphatic carbocycles. The Kier molecular flexibility index (Phi) is 1.98. The maximum atomic E-state index is 12.1. The number of imide groups is 1. The molecule has 1 aromatic heterocycles. The van der Waals surface area contributed by atoms with E-state index in [0.717, 1.165) is 5.56 Å². The first-order chi connectivity index (χ1) is 8.25. The van der Waals surface area contributed by atoms with Crippen LogP contribution in [0.25, 0.3) is 0 Å². The van der Waals surface area contributed by atoms with Crippen LogP contribution in [0.5, 0.6) is 0 Å². The molecular weight excluding hydrogens is 216 g/mol. The van der Waals surface area contributed by atoms with E-state index in [1.54, 1.807) is 48.8 Å². The lowest BCUT2D eigenvalue weighted by molar-refractivity contribution is -0.126. The maximum Gasteiger partial charge on any atom is 0.242 e. The molecule has 2 atom stereocenters. The number of aromatic nitrogens is 1. The Hall–Kier alpha value is -2.23. The molecule has 1 N–H and O–H groups in total. The molecule has 1 fully saturated rings. The van der Waals surface area contributed by atoms with E-state index in [-0.39, 0.29) is 11.8 Å². The number of nitrogens with one attached hydrogen (secondary N) is 1. The van der Waals surface area contributed by atoms with E-state index in [4.69, 9.17) is 0 Å². The van der Waals surface area contributed by atoms with Crippen molar-refractivity contribution in [3.8, 4) is 0 Å². The summed E-state index contributed by atoms with van der Waals surface area (Å²) in [5.41, 5.74) is -0.101. The quantitative estimate of drug-likeness (QED) is 0.718. The van der Waals surface area contributed by atoms with Crippen molar-refractivity contribution in [1.29, 1.82) is 0 Å². The second-order valence-electron chi connectivity index (χ2n) is 4.14. The van der Waals surface area contributed by atoms with Crippen molar-refractivity contribution in [3.63, 3.8) is 0 Å². The van der Waals surface area contributed by atoms with Crippen LogP contribution in [0.3, 0.4) is 0 Å². The summed E-state index contributed by atoms with van der Waals surface area (Å²) in [5, 5.41) is 2.40. The van der Waals surface area contributed by atoms with Crippen molar-refractivity contribution in [2.45, 2.75) is 5.41 Å². The molecule has 0 radical (unpaired) electrons. The summed E-state index contributed by atoms with van der Waals surface area (Å²) < 4.78 is 0. The molecule has 1 saturated heterocycles. The zero-order valence-electron chi connectivity index (χ0n) is 8.96. The minimum absolute atomic E-state index is 0.243. The van der Waals surface area contributed by atoms with Gasteiger partial charge in [-0.25, -0.2) is 0 Å². The van der Waals surface area contributed by atoms with Gasteiger partial charge in [-0.15, -0.1) is 0 Å². The molecule has 0 spiro atoms. The first-order valence-corrected chi connectivity index (χ1v) is 5.37. The predicted octanol–water partition coefficient (Wildman–Crippen LogP) is 0.718. The standard InChI is InChI=1S/C13H10N2O2/c16-11-10-3-1-2-6-13(10,12(17)15-11)9-4-7-14-8-5-9/h1-8,10H,(H,15,16,17). The minimum Gasteiger partial charge on any atom is -0.295 e. The number of carbonyl (C=O) groups is 2. The number of hydrogen-bond donors (Lipinski definition) is 1. The van der Waals surface area contributed by atoms with Crippen molar-refractivity contribution in [2.75, 3.05) is 0 Å². The van der Waals surface area contributed by atoms with E-state index in [1.165, 1.54) is 0 Å². The van der Waals surface area contributed by atoms with Gasteiger partial charge in [0.05, 0.1) is 5.92 Å². The van der Waals surface area contributed by atoms with Crippen LogP contribution in [-0.4, -0.2) is 16.8 Å². The van der Waals surface area contributed by atoms with Gasteiger partial charge in [-0.05, 0) is 17.7 Å². The number of nitrogens with zero attached hydrogens (tertiary/aromatic N) is 1. The number of allylic oxidation sites excluding steroid dienone is 2. The first kappa shape index (κ1) is 9.96. The average molecular weight is 226 g/mol. The van der Waals surface area contributed by atoms with Crippen LogP contribution in [0.2, 0.25) is 0 Å². The van der Waals surface area contributed by atoms with Crippen LogP contribution >= 0.6 is 0 Å². The van der Waals surface area contributed by atoms with Crippen LogP contribution in [0, 0.1) is 5.92 Å². The Morgan fingerprint density at radius 3 is 2.71 bits per heavy atom. The molecule has 4 heteroatoms. The maximum absolute atomic E-state index is 12.1. The van der Waals surface area contributed by atoms with Gasteiger partial charge < -0.3 is 0 Å². The van der Waals surface area contributed by atoms with E-state index in [0.29, 0.717) is 0 Å². The van der Waals surface area contributed by atoms with Crippen LogP contribution in [0.1, 0.15) is 5.56 Å². The molecule has 3 rings (SSSR count). The van der Waals surface area contributed by atoms with Gasteiger partial charge in [0.2, 0.25) is 11.8 Å². The lowest BCUT2D eigenvalue weighted by Crippen LogP contribution is -2.38. The summed E-state index contributed by atoms with van der Waals surface area (Å²) in [7, 11) is 0. The van der Waals surface area contributed by atoms with Crippen molar-refractivity contribution >= 4 is 11.8 Å². The van der Waals surface area contributed by atoms with Gasteiger partial charge in [-0.2, -0.15) is 0 Å². The van der Waals surface area contributed by atoms with Crippen molar-refractivity contribution in [1.82, 2.24) is 10.3 Å². The number of rotatable bonds is 1. The van der Waals surface area contributed by atoms with Crippen molar-refractivity contribution in [2.24, 2.45) is 5.92 Å². The SMILES string of the molecule is O=C1NC(=O)C2(c3ccncc3)C=CC=CC12. The fourth-order valence-corrected chi connectivity index (χ4v) is 2.48. The van der Waals surface area contributed by atoms with E-state index >= 15 is 0 Å². The van der Waals surface area contributed by atoms with Gasteiger partial charge in [0.1, 0.15) is 5.41 Å². The molecule has 2 aliphatic rings. The topological polar surface area (TPSA) is 59.1 Å². The second-order valence-corrected chi connectivity index (χ2v) is 4.14. The van der Waals surface area contributed by atoms with E-state index in [2.05, 4.69) is 10.3 Å². The summed E-state index contributed by atoms with van der Waals surface area (Å²) >= 11 is 0. The van der Waals surface area contributed by atoms with Crippen LogP contribution in [0.15, 0.2) is 48.8 Å². The van der Waals surface area contributed by atoms with Crippen LogP contribution in [-0.2, 0) is 15.0 Å². The number of amides is 2. The fraction of sp³-hybridized carbons (Fsp3) is 0.154. The molecular formula is C13H10N2O2. The molecule has 4 nitrogen and oxygen atoms in total. The van der Waals surface area contributed by atoms with E-state index in [9.17, 15) is 9.59 Å². The molecule has 2 unspecified atom stereocenters. The monoisotopic (exact) mass is 226 g/mol. The third kappa shape index (κ3) is 1.21. The Morgan fingerprint density at radius 1 is 1.18 bits per heavy atom. The van der Waals surface area contributed by atoms with Gasteiger partial charge in [-0.1, -0.05) is 24.3 Å². The summed E-state index contributed by atoms with van der Waals surface area (Å²) in [4.78, 5) is 27.8. The highest BCUT2D eigenvalue weighted by molar-refractivity contribution is 6.13. The lowest BCUT2D eigenvalue weighted by Gasteiger charge is -2.28. The Bertz CT molecular complexity index is 548. The highest BCUT2D eigenvalue weighted by Gasteiger charge is 2.54. The zero-order chi connectivity index (χ0) is 11.9. The normalized spacial score (nSPS) is 30.2. The van der Waals surface area contributed by atoms with Crippen LogP contribution in [0.4, 0.5) is 0 Å². The van der Waals surface area contributed by atoms with E-state index < -0.39 is 11.3 Å². The molecule has 0 bridgehead atoms. The molecule has 1 aromatic rings. The summed E-state index contributed by atoms with van der Waals surface area (Å²) in [6, 6.07) is 3.54. The smallest absolute Gasteiger partial charge is 0.242 e. The number of pyridine rings is 1. The van der Waals surface area contributed by atoms with Gasteiger partial charge in [0.15, 0.2) is 0 Å². The van der Waals surface area contributed by atoms with Gasteiger partial charge >= 0.3 is 0 Å². The molecule has 0 saturated carbocycles. The molecule has 2 heterocycles. The Balaban J connectivity index is 2.22. The predicted molar refractivity (Wildman–Crippen MR) is 60.8 cm³/mol. The van der Waals surface area contributed by atoms with Crippen LogP contribution < -0.4 is 5.32 Å². The Labute approximate surface area is 98.1 Å². The van der Waals surface area contributed by atoms with Gasteiger partial charge in [0, 0.05) is 12.4 Å². The molecule has 2 amide bonds. The highest BCUT2D eigenvalue weighted by atomic mass is 16.2. The third-order valence-corrected chi connectivity index (χ3v) is 3.32. The third-order valence-electron chi connectivity index (χ3n) is 3.32. The van der Waals surface area contributed by atoms with Gasteiger partial charge in [0.25, 0.3) is 0 Å². The molecule has 17 heavy (non-hydrogen) atoms. The summed E-state index contributed by atoms with van der Waals surface area (Å²) in [6.45, 7) is 0. The fourth-order valence-electron chi connectivity index (χ4n) is 2.48. The first-order valence-electron chi connectivity index (χ1n) is 5.37. The van der Waals surface area contributed by atoms with Crippen molar-refractivity contribution in [3.05, 3.63) is 54.4 Å². The lowest BCUT2D eigenvalue weighted by atomic mass is 9.70. The minimum atomic E-state index is -0.894. The van der Waals surface area contributed by atoms with Gasteiger partial charge in [-0.3, -0.25) is 19.9 Å². The molecule has 84 valence electrons. The summed E-state index contributed by atoms with van der Waals surface area (Å²) in [5.74, 6) is -0.964. The Morgan fingerprint density at radius 2 is 1.94 bits per heavy atom. The number of hydrogen-bond acceptors (Lipinski definition) is 3. The number of fused-ring (bicyclic) bond motifs is 1. The molecule has 1 aliphatic heterocycles. The van der Waals surface area contributed by atoms with Crippen molar-refractivity contribution < 1.29 is 9.59 Å². The zero-order valence-corrected chi connectivity index (χ0v) is 8.96. The summed E-state index contributed by atoms with van der Waals surface area (Å²) in [6.07, 6.45) is 10.4. The molecule has 0 aromatic carbocycles. The largest absolute Gasteiger partial charge is 0.295 e.